The first-order valence-corrected chi connectivity index (χ1v) is 7.10. The van der Waals surface area contributed by atoms with E-state index in [2.05, 4.69) is 28.7 Å². The molecule has 0 N–H and O–H groups in total. The van der Waals surface area contributed by atoms with Gasteiger partial charge in [-0.05, 0) is 41.5 Å². The van der Waals surface area contributed by atoms with E-state index in [0.717, 1.165) is 21.3 Å². The molecule has 0 atom stereocenters. The highest BCUT2D eigenvalue weighted by Gasteiger charge is 2.32. The molecule has 3 nitrogen and oxygen atoms in total. The second-order valence-corrected chi connectivity index (χ2v) is 6.58. The first-order valence-electron chi connectivity index (χ1n) is 5.14. The predicted molar refractivity (Wildman–Crippen MR) is 71.3 cm³/mol. The monoisotopic (exact) mass is 346 g/mol. The van der Waals surface area contributed by atoms with Gasteiger partial charge in [-0.2, -0.15) is 5.26 Å². The predicted octanol–water partition coefficient (Wildman–Crippen LogP) is 2.87. The van der Waals surface area contributed by atoms with Crippen LogP contribution in [0, 0.1) is 14.2 Å². The number of thiophene rings is 1. The number of carbonyl (C=O) groups excluding carboxylic acids is 1. The van der Waals surface area contributed by atoms with Gasteiger partial charge in [0, 0.05) is 18.0 Å². The molecule has 0 aromatic carbocycles. The van der Waals surface area contributed by atoms with Crippen molar-refractivity contribution in [1.29, 1.82) is 5.26 Å². The average molecular weight is 346 g/mol. The molecule has 0 saturated heterocycles. The van der Waals surface area contributed by atoms with Crippen LogP contribution in [0.2, 0.25) is 0 Å². The van der Waals surface area contributed by atoms with Crippen LogP contribution in [-0.2, 0) is 0 Å². The summed E-state index contributed by atoms with van der Waals surface area (Å²) in [5, 5.41) is 10.5. The highest BCUT2D eigenvalue weighted by molar-refractivity contribution is 14.1. The molecule has 1 fully saturated rings. The van der Waals surface area contributed by atoms with Crippen molar-refractivity contribution in [2.75, 3.05) is 6.54 Å². The molecule has 1 aliphatic rings. The van der Waals surface area contributed by atoms with E-state index in [1.54, 1.807) is 11.3 Å². The molecule has 2 rings (SSSR count). The second kappa shape index (κ2) is 5.15. The minimum absolute atomic E-state index is 0.0805. The van der Waals surface area contributed by atoms with Gasteiger partial charge in [0.2, 0.25) is 0 Å². The zero-order chi connectivity index (χ0) is 11.5. The van der Waals surface area contributed by atoms with Gasteiger partial charge in [0.1, 0.15) is 0 Å². The fourth-order valence-electron chi connectivity index (χ4n) is 1.59. The van der Waals surface area contributed by atoms with Crippen LogP contribution >= 0.6 is 33.9 Å². The van der Waals surface area contributed by atoms with Crippen molar-refractivity contribution in [3.63, 3.8) is 0 Å². The van der Waals surface area contributed by atoms with E-state index >= 15 is 0 Å². The van der Waals surface area contributed by atoms with Crippen molar-refractivity contribution in [2.45, 2.75) is 25.3 Å². The van der Waals surface area contributed by atoms with E-state index < -0.39 is 0 Å². The van der Waals surface area contributed by atoms with E-state index in [0.29, 0.717) is 19.0 Å². The van der Waals surface area contributed by atoms with Crippen LogP contribution in [0.5, 0.6) is 0 Å². The molecule has 1 aliphatic carbocycles. The van der Waals surface area contributed by atoms with Gasteiger partial charge >= 0.3 is 0 Å². The number of nitrogens with zero attached hydrogens (tertiary/aromatic N) is 2. The van der Waals surface area contributed by atoms with Gasteiger partial charge in [0.25, 0.3) is 5.91 Å². The summed E-state index contributed by atoms with van der Waals surface area (Å²) in [4.78, 5) is 14.0. The van der Waals surface area contributed by atoms with Crippen molar-refractivity contribution >= 4 is 39.8 Å². The fourth-order valence-corrected chi connectivity index (χ4v) is 2.91. The van der Waals surface area contributed by atoms with Crippen LogP contribution in [0.4, 0.5) is 0 Å². The quantitative estimate of drug-likeness (QED) is 0.787. The number of nitriles is 1. The van der Waals surface area contributed by atoms with Gasteiger partial charge in [0.05, 0.1) is 20.9 Å². The van der Waals surface area contributed by atoms with Crippen LogP contribution in [0.15, 0.2) is 11.4 Å². The number of amides is 1. The van der Waals surface area contributed by atoms with Gasteiger partial charge < -0.3 is 4.90 Å². The van der Waals surface area contributed by atoms with Gasteiger partial charge in [-0.15, -0.1) is 11.3 Å². The maximum Gasteiger partial charge on any atom is 0.255 e. The van der Waals surface area contributed by atoms with Crippen LogP contribution in [0.3, 0.4) is 0 Å². The van der Waals surface area contributed by atoms with Crippen LogP contribution < -0.4 is 0 Å². The van der Waals surface area contributed by atoms with Crippen molar-refractivity contribution in [3.8, 4) is 6.07 Å². The van der Waals surface area contributed by atoms with Crippen LogP contribution in [-0.4, -0.2) is 23.4 Å². The fraction of sp³-hybridized carbons (Fsp3) is 0.455. The van der Waals surface area contributed by atoms with Crippen molar-refractivity contribution in [3.05, 3.63) is 19.9 Å². The van der Waals surface area contributed by atoms with Crippen LogP contribution in [0.1, 0.15) is 29.6 Å². The summed E-state index contributed by atoms with van der Waals surface area (Å²) >= 11 is 3.79. The van der Waals surface area contributed by atoms with E-state index in [9.17, 15) is 4.79 Å². The second-order valence-electron chi connectivity index (χ2n) is 3.78. The maximum absolute atomic E-state index is 12.2. The molecule has 0 spiro atoms. The smallest absolute Gasteiger partial charge is 0.255 e. The SMILES string of the molecule is N#CCCN(C(=O)c1csc(I)c1)C1CC1. The number of rotatable bonds is 4. The maximum atomic E-state index is 12.2. The normalized spacial score (nSPS) is 14.5. The lowest BCUT2D eigenvalue weighted by Gasteiger charge is -2.20. The largest absolute Gasteiger partial charge is 0.335 e. The summed E-state index contributed by atoms with van der Waals surface area (Å²) in [7, 11) is 0. The first kappa shape index (κ1) is 11.9. The van der Waals surface area contributed by atoms with Crippen molar-refractivity contribution in [1.82, 2.24) is 4.90 Å². The molecule has 1 saturated carbocycles. The van der Waals surface area contributed by atoms with Crippen molar-refractivity contribution in [2.24, 2.45) is 0 Å². The molecule has 5 heteroatoms. The number of halogens is 1. The van der Waals surface area contributed by atoms with E-state index in [4.69, 9.17) is 5.26 Å². The Labute approximate surface area is 112 Å². The molecular weight excluding hydrogens is 335 g/mol. The Hall–Kier alpha value is -0.610. The third-order valence-corrected chi connectivity index (χ3v) is 4.32. The third kappa shape index (κ3) is 2.74. The number of carbonyl (C=O) groups is 1. The molecule has 1 aromatic heterocycles. The Morgan fingerprint density at radius 3 is 2.94 bits per heavy atom. The average Bonchev–Trinajstić information content (AvgIpc) is 3.01. The van der Waals surface area contributed by atoms with Gasteiger partial charge in [-0.1, -0.05) is 0 Å². The summed E-state index contributed by atoms with van der Waals surface area (Å²) in [6.07, 6.45) is 2.58. The Balaban J connectivity index is 2.08. The van der Waals surface area contributed by atoms with E-state index in [1.807, 2.05) is 16.3 Å². The standard InChI is InChI=1S/C11H11IN2OS/c12-10-6-8(7-16-10)11(15)14(5-1-4-13)9-2-3-9/h6-7,9H,1-3,5H2. The van der Waals surface area contributed by atoms with Gasteiger partial charge in [0.15, 0.2) is 0 Å². The zero-order valence-electron chi connectivity index (χ0n) is 8.65. The molecule has 0 radical (unpaired) electrons. The molecule has 1 amide bonds. The Morgan fingerprint density at radius 1 is 1.69 bits per heavy atom. The minimum atomic E-state index is 0.0805. The molecule has 0 unspecified atom stereocenters. The Bertz CT molecular complexity index is 433. The molecule has 84 valence electrons. The topological polar surface area (TPSA) is 44.1 Å². The number of hydrogen-bond donors (Lipinski definition) is 0. The molecule has 1 heterocycles. The summed E-state index contributed by atoms with van der Waals surface area (Å²) in [5.41, 5.74) is 0.763. The molecule has 0 aliphatic heterocycles. The van der Waals surface area contributed by atoms with Gasteiger partial charge in [-0.3, -0.25) is 4.79 Å². The van der Waals surface area contributed by atoms with Crippen LogP contribution in [0.25, 0.3) is 0 Å². The summed E-state index contributed by atoms with van der Waals surface area (Å²) in [5.74, 6) is 0.0805. The molecular formula is C11H11IN2OS. The third-order valence-electron chi connectivity index (χ3n) is 2.53. The summed E-state index contributed by atoms with van der Waals surface area (Å²) < 4.78 is 1.12. The molecule has 1 aromatic rings. The Kier molecular flexibility index (Phi) is 3.82. The number of hydrogen-bond acceptors (Lipinski definition) is 3. The lowest BCUT2D eigenvalue weighted by molar-refractivity contribution is 0.0747. The van der Waals surface area contributed by atoms with Crippen molar-refractivity contribution < 1.29 is 4.79 Å². The lowest BCUT2D eigenvalue weighted by atomic mass is 10.2. The van der Waals surface area contributed by atoms with Gasteiger partial charge in [-0.25, -0.2) is 0 Å². The van der Waals surface area contributed by atoms with E-state index in [-0.39, 0.29) is 5.91 Å². The highest BCUT2D eigenvalue weighted by Crippen LogP contribution is 2.29. The lowest BCUT2D eigenvalue weighted by Crippen LogP contribution is -2.33. The summed E-state index contributed by atoms with van der Waals surface area (Å²) in [6.45, 7) is 0.562. The summed E-state index contributed by atoms with van der Waals surface area (Å²) in [6, 6.07) is 4.39. The van der Waals surface area contributed by atoms with E-state index in [1.165, 1.54) is 0 Å². The minimum Gasteiger partial charge on any atom is -0.335 e. The first-order chi connectivity index (χ1) is 7.72. The molecule has 0 bridgehead atoms. The molecule has 16 heavy (non-hydrogen) atoms. The Morgan fingerprint density at radius 2 is 2.44 bits per heavy atom. The zero-order valence-corrected chi connectivity index (χ0v) is 11.6. The highest BCUT2D eigenvalue weighted by atomic mass is 127.